The van der Waals surface area contributed by atoms with Crippen LogP contribution >= 0.6 is 11.6 Å². The van der Waals surface area contributed by atoms with Crippen molar-refractivity contribution in [2.45, 2.75) is 0 Å². The van der Waals surface area contributed by atoms with Gasteiger partial charge in [-0.25, -0.2) is 5.01 Å². The minimum absolute atomic E-state index is 0.600. The first-order chi connectivity index (χ1) is 7.27. The van der Waals surface area contributed by atoms with E-state index in [1.165, 1.54) is 0 Å². The van der Waals surface area contributed by atoms with Crippen LogP contribution in [0.4, 0.5) is 11.4 Å². The molecule has 0 bridgehead atoms. The Morgan fingerprint density at radius 3 is 2.20 bits per heavy atom. The largest absolute Gasteiger partial charge is 0.241 e. The number of rotatable bonds is 2. The molecule has 0 amide bonds. The quantitative estimate of drug-likeness (QED) is 0.706. The van der Waals surface area contributed by atoms with Crippen LogP contribution < -0.4 is 10.9 Å². The first kappa shape index (κ1) is 10.0. The lowest BCUT2D eigenvalue weighted by molar-refractivity contribution is 1.04. The molecule has 3 heteroatoms. The minimum atomic E-state index is 0.600. The van der Waals surface area contributed by atoms with Gasteiger partial charge in [-0.1, -0.05) is 35.9 Å². The summed E-state index contributed by atoms with van der Waals surface area (Å²) >= 11 is 5.84. The smallest absolute Gasteiger partial charge is 0.0625 e. The summed E-state index contributed by atoms with van der Waals surface area (Å²) < 4.78 is 0. The van der Waals surface area contributed by atoms with Crippen molar-refractivity contribution in [3.63, 3.8) is 0 Å². The molecule has 0 aromatic heterocycles. The third-order valence-electron chi connectivity index (χ3n) is 2.05. The molecular weight excluding hydrogens is 208 g/mol. The molecule has 0 saturated heterocycles. The number of halogens is 1. The van der Waals surface area contributed by atoms with E-state index in [0.717, 1.165) is 5.01 Å². The van der Waals surface area contributed by atoms with Crippen molar-refractivity contribution in [3.05, 3.63) is 59.6 Å². The number of hydrogen-bond acceptors (Lipinski definition) is 1. The Balaban J connectivity index is 2.32. The van der Waals surface area contributed by atoms with Gasteiger partial charge in [0.1, 0.15) is 0 Å². The SMILES string of the molecule is [N]N(c1ccccc1)c1cccc(Cl)c1. The van der Waals surface area contributed by atoms with Gasteiger partial charge in [0.25, 0.3) is 0 Å². The molecule has 0 unspecified atom stereocenters. The Morgan fingerprint density at radius 2 is 1.53 bits per heavy atom. The zero-order valence-corrected chi connectivity index (χ0v) is 8.72. The second-order valence-corrected chi connectivity index (χ2v) is 3.56. The Hall–Kier alpha value is -1.51. The van der Waals surface area contributed by atoms with Crippen LogP contribution in [0.25, 0.3) is 0 Å². The summed E-state index contributed by atoms with van der Waals surface area (Å²) in [6.07, 6.45) is 0. The lowest BCUT2D eigenvalue weighted by Gasteiger charge is -2.15. The molecule has 0 atom stereocenters. The Bertz CT molecular complexity index is 442. The molecule has 0 saturated carbocycles. The number of anilines is 2. The minimum Gasteiger partial charge on any atom is -0.241 e. The molecule has 2 aromatic carbocycles. The zero-order valence-electron chi connectivity index (χ0n) is 7.97. The second-order valence-electron chi connectivity index (χ2n) is 3.13. The maximum absolute atomic E-state index is 9.89. The molecule has 2 rings (SSSR count). The fourth-order valence-electron chi connectivity index (χ4n) is 1.33. The highest BCUT2D eigenvalue weighted by atomic mass is 35.5. The van der Waals surface area contributed by atoms with Crippen LogP contribution in [0.15, 0.2) is 54.6 Å². The zero-order chi connectivity index (χ0) is 10.7. The molecule has 15 heavy (non-hydrogen) atoms. The average Bonchev–Trinajstić information content (AvgIpc) is 2.29. The standard InChI is InChI=1S/C12H9ClN2/c13-10-5-4-8-12(9-10)15(14)11-6-2-1-3-7-11/h1-9H. The topological polar surface area (TPSA) is 25.5 Å². The van der Waals surface area contributed by atoms with Crippen molar-refractivity contribution in [1.82, 2.24) is 5.84 Å². The first-order valence-corrected chi connectivity index (χ1v) is 4.95. The fourth-order valence-corrected chi connectivity index (χ4v) is 1.51. The van der Waals surface area contributed by atoms with E-state index in [2.05, 4.69) is 0 Å². The van der Waals surface area contributed by atoms with Crippen molar-refractivity contribution in [2.24, 2.45) is 0 Å². The molecule has 2 nitrogen and oxygen atoms in total. The maximum Gasteiger partial charge on any atom is 0.0625 e. The van der Waals surface area contributed by atoms with E-state index < -0.39 is 0 Å². The van der Waals surface area contributed by atoms with Gasteiger partial charge in [0.2, 0.25) is 0 Å². The molecule has 2 aromatic rings. The highest BCUT2D eigenvalue weighted by molar-refractivity contribution is 6.30. The number of benzene rings is 2. The first-order valence-electron chi connectivity index (χ1n) is 4.57. The molecule has 2 radical (unpaired) electrons. The van der Waals surface area contributed by atoms with Gasteiger partial charge in [-0.05, 0) is 36.2 Å². The number of hydrogen-bond donors (Lipinski definition) is 0. The summed E-state index contributed by atoms with van der Waals surface area (Å²) in [6, 6.07) is 16.3. The summed E-state index contributed by atoms with van der Waals surface area (Å²) in [4.78, 5) is 0. The molecule has 0 spiro atoms. The van der Waals surface area contributed by atoms with Crippen LogP contribution in [0.2, 0.25) is 5.02 Å². The Morgan fingerprint density at radius 1 is 0.867 bits per heavy atom. The molecule has 0 aliphatic carbocycles. The van der Waals surface area contributed by atoms with Crippen molar-refractivity contribution in [1.29, 1.82) is 0 Å². The van der Waals surface area contributed by atoms with Crippen LogP contribution in [0.1, 0.15) is 0 Å². The highest BCUT2D eigenvalue weighted by Gasteiger charge is 2.05. The third kappa shape index (κ3) is 2.29. The Kier molecular flexibility index (Phi) is 2.90. The van der Waals surface area contributed by atoms with Crippen LogP contribution in [-0.4, -0.2) is 0 Å². The van der Waals surface area contributed by atoms with E-state index in [4.69, 9.17) is 11.6 Å². The molecular formula is C12H9ClN2. The van der Waals surface area contributed by atoms with E-state index in [1.807, 2.05) is 30.3 Å². The van der Waals surface area contributed by atoms with Crippen LogP contribution in [-0.2, 0) is 0 Å². The molecule has 0 aliphatic rings. The van der Waals surface area contributed by atoms with E-state index in [0.29, 0.717) is 16.4 Å². The summed E-state index contributed by atoms with van der Waals surface area (Å²) in [5.74, 6) is 9.89. The van der Waals surface area contributed by atoms with Crippen molar-refractivity contribution in [2.75, 3.05) is 5.01 Å². The third-order valence-corrected chi connectivity index (χ3v) is 2.29. The summed E-state index contributed by atoms with van der Waals surface area (Å²) in [5.41, 5.74) is 1.36. The maximum atomic E-state index is 9.89. The predicted octanol–water partition coefficient (Wildman–Crippen LogP) is 3.46. The summed E-state index contributed by atoms with van der Waals surface area (Å²) in [5, 5.41) is 1.70. The van der Waals surface area contributed by atoms with Gasteiger partial charge in [0.15, 0.2) is 0 Å². The predicted molar refractivity (Wildman–Crippen MR) is 62.2 cm³/mol. The number of para-hydroxylation sites is 1. The highest BCUT2D eigenvalue weighted by Crippen LogP contribution is 2.24. The molecule has 0 fully saturated rings. The molecule has 74 valence electrons. The molecule has 0 N–H and O–H groups in total. The van der Waals surface area contributed by atoms with E-state index in [9.17, 15) is 5.84 Å². The fraction of sp³-hybridized carbons (Fsp3) is 0. The van der Waals surface area contributed by atoms with Gasteiger partial charge in [-0.2, -0.15) is 0 Å². The van der Waals surface area contributed by atoms with Crippen molar-refractivity contribution >= 4 is 23.0 Å². The van der Waals surface area contributed by atoms with Gasteiger partial charge < -0.3 is 0 Å². The van der Waals surface area contributed by atoms with Gasteiger partial charge >= 0.3 is 0 Å². The monoisotopic (exact) mass is 216 g/mol. The van der Waals surface area contributed by atoms with Crippen LogP contribution in [0, 0.1) is 0 Å². The summed E-state index contributed by atoms with van der Waals surface area (Å²) in [7, 11) is 0. The summed E-state index contributed by atoms with van der Waals surface area (Å²) in [6.45, 7) is 0. The van der Waals surface area contributed by atoms with Crippen molar-refractivity contribution < 1.29 is 0 Å². The normalized spacial score (nSPS) is 10.0. The van der Waals surface area contributed by atoms with E-state index in [-0.39, 0.29) is 0 Å². The van der Waals surface area contributed by atoms with Gasteiger partial charge in [-0.3, -0.25) is 0 Å². The Labute approximate surface area is 93.9 Å². The van der Waals surface area contributed by atoms with Gasteiger partial charge in [0.05, 0.1) is 11.4 Å². The molecule has 0 aliphatic heterocycles. The number of nitrogens with zero attached hydrogens (tertiary/aromatic N) is 2. The van der Waals surface area contributed by atoms with Crippen LogP contribution in [0.3, 0.4) is 0 Å². The lowest BCUT2D eigenvalue weighted by Crippen LogP contribution is -2.12. The van der Waals surface area contributed by atoms with Gasteiger partial charge in [-0.15, -0.1) is 0 Å². The van der Waals surface area contributed by atoms with E-state index >= 15 is 0 Å². The van der Waals surface area contributed by atoms with Crippen LogP contribution in [0.5, 0.6) is 0 Å². The average molecular weight is 217 g/mol. The molecule has 0 heterocycles. The lowest BCUT2D eigenvalue weighted by atomic mass is 10.2. The second kappa shape index (κ2) is 4.34. The van der Waals surface area contributed by atoms with Gasteiger partial charge in [0, 0.05) is 5.02 Å². The van der Waals surface area contributed by atoms with Crippen molar-refractivity contribution in [3.8, 4) is 0 Å². The van der Waals surface area contributed by atoms with E-state index in [1.54, 1.807) is 24.3 Å².